The number of aromatic nitrogens is 2. The van der Waals surface area contributed by atoms with Gasteiger partial charge >= 0.3 is 0 Å². The smallest absolute Gasteiger partial charge is 0.242 e. The average Bonchev–Trinajstić information content (AvgIpc) is 3.71. The largest absolute Gasteiger partial charge is 0.508 e. The van der Waals surface area contributed by atoms with Gasteiger partial charge in [0.2, 0.25) is 23.6 Å². The summed E-state index contributed by atoms with van der Waals surface area (Å²) in [7, 11) is 1.73. The summed E-state index contributed by atoms with van der Waals surface area (Å²) < 4.78 is 2.65. The molecule has 47 heavy (non-hydrogen) atoms. The molecule has 2 aliphatic heterocycles. The van der Waals surface area contributed by atoms with Crippen LogP contribution in [-0.2, 0) is 26.2 Å². The van der Waals surface area contributed by atoms with E-state index >= 15 is 0 Å². The van der Waals surface area contributed by atoms with Crippen molar-refractivity contribution in [3.05, 3.63) is 76.3 Å². The molecule has 0 spiro atoms. The van der Waals surface area contributed by atoms with Crippen LogP contribution in [0.2, 0.25) is 5.02 Å². The fourth-order valence-corrected chi connectivity index (χ4v) is 10.2. The van der Waals surface area contributed by atoms with E-state index in [0.717, 1.165) is 31.7 Å². The molecule has 8 rings (SSSR count). The molecule has 3 fully saturated rings. The second kappa shape index (κ2) is 10.4. The van der Waals surface area contributed by atoms with E-state index < -0.39 is 29.1 Å². The van der Waals surface area contributed by atoms with Gasteiger partial charge in [-0.3, -0.25) is 28.8 Å². The zero-order chi connectivity index (χ0) is 33.1. The lowest BCUT2D eigenvalue weighted by Gasteiger charge is -2.49. The number of aryl methyl sites for hydroxylation is 2. The van der Waals surface area contributed by atoms with Gasteiger partial charge in [-0.05, 0) is 86.4 Å². The Bertz CT molecular complexity index is 2080. The molecule has 11 heteroatoms. The number of carbonyl (C=O) groups excluding carboxylic acids is 4. The molecule has 2 saturated heterocycles. The number of hydrogen-bond acceptors (Lipinski definition) is 7. The minimum absolute atomic E-state index is 0.0901. The Labute approximate surface area is 280 Å². The molecule has 6 unspecified atom stereocenters. The standard InChI is InChI=1S/C36H33ClN4O5S/c1-5-40-32(43)22-12-11-21-24(29(22)34(40)45)15-25-33(44)41(35(46)36(25,3)30(21)18-6-9-20(42)10-7-18)28-16-26(38-39(28)4)31-17(2)23-14-19(37)8-13-27(23)47-31/h6-11,13-14,16,22,24-25,29-30,42H,5,12,15H2,1-4H3. The fraction of sp³-hybridized carbons (Fsp3) is 0.361. The van der Waals surface area contributed by atoms with E-state index in [0.29, 0.717) is 29.5 Å². The number of benzene rings is 2. The van der Waals surface area contributed by atoms with Crippen molar-refractivity contribution in [2.75, 3.05) is 11.4 Å². The first-order valence-electron chi connectivity index (χ1n) is 15.9. The maximum absolute atomic E-state index is 14.8. The number of thiophene rings is 1. The minimum atomic E-state index is -1.17. The Morgan fingerprint density at radius 3 is 2.49 bits per heavy atom. The van der Waals surface area contributed by atoms with Crippen molar-refractivity contribution in [2.24, 2.45) is 36.1 Å². The maximum Gasteiger partial charge on any atom is 0.242 e. The van der Waals surface area contributed by atoms with Crippen molar-refractivity contribution in [3.63, 3.8) is 0 Å². The first-order chi connectivity index (χ1) is 22.4. The molecule has 1 saturated carbocycles. The second-order valence-corrected chi connectivity index (χ2v) is 14.9. The third-order valence-electron chi connectivity index (χ3n) is 11.1. The highest BCUT2D eigenvalue weighted by atomic mass is 35.5. The first kappa shape index (κ1) is 30.1. The van der Waals surface area contributed by atoms with E-state index in [9.17, 15) is 24.3 Å². The number of aromatic hydroxyl groups is 1. The van der Waals surface area contributed by atoms with Crippen LogP contribution in [0.25, 0.3) is 20.7 Å². The van der Waals surface area contributed by atoms with Crippen LogP contribution in [0.15, 0.2) is 60.2 Å². The molecule has 240 valence electrons. The Morgan fingerprint density at radius 2 is 1.77 bits per heavy atom. The lowest BCUT2D eigenvalue weighted by atomic mass is 9.51. The number of fused-ring (bicyclic) bond motifs is 5. The Balaban J connectivity index is 1.24. The highest BCUT2D eigenvalue weighted by molar-refractivity contribution is 7.22. The third kappa shape index (κ3) is 4.04. The molecule has 2 aromatic heterocycles. The molecule has 4 aliphatic rings. The SMILES string of the molecule is CCN1C(=O)C2CC=C3C(CC4C(=O)N(c5cc(-c6sc7ccc(Cl)cc7c6C)nn5C)C(=O)C4(C)C3c3ccc(O)cc3)C2C1=O. The molecular formula is C36H33ClN4O5S. The van der Waals surface area contributed by atoms with Gasteiger partial charge in [-0.25, -0.2) is 4.90 Å². The van der Waals surface area contributed by atoms with E-state index in [1.54, 1.807) is 60.3 Å². The number of phenols is 1. The van der Waals surface area contributed by atoms with Gasteiger partial charge in [0.15, 0.2) is 0 Å². The molecule has 2 aromatic carbocycles. The number of imide groups is 2. The summed E-state index contributed by atoms with van der Waals surface area (Å²) in [4.78, 5) is 59.9. The number of allylic oxidation sites excluding steroid dienone is 2. The van der Waals surface area contributed by atoms with Crippen LogP contribution in [0.1, 0.15) is 43.7 Å². The lowest BCUT2D eigenvalue weighted by molar-refractivity contribution is -0.140. The number of amides is 4. The van der Waals surface area contributed by atoms with Gasteiger partial charge in [-0.2, -0.15) is 5.10 Å². The third-order valence-corrected chi connectivity index (χ3v) is 12.7. The highest BCUT2D eigenvalue weighted by Crippen LogP contribution is 2.63. The molecule has 9 nitrogen and oxygen atoms in total. The molecule has 4 amide bonds. The maximum atomic E-state index is 14.8. The van der Waals surface area contributed by atoms with Crippen LogP contribution in [0, 0.1) is 36.0 Å². The normalized spacial score (nSPS) is 28.6. The lowest BCUT2D eigenvalue weighted by Crippen LogP contribution is -2.48. The van der Waals surface area contributed by atoms with Gasteiger partial charge in [0.25, 0.3) is 0 Å². The zero-order valence-corrected chi connectivity index (χ0v) is 27.9. The summed E-state index contributed by atoms with van der Waals surface area (Å²) in [5.41, 5.74) is 2.20. The molecule has 0 bridgehead atoms. The summed E-state index contributed by atoms with van der Waals surface area (Å²) in [6, 6.07) is 14.3. The number of hydrogen-bond donors (Lipinski definition) is 1. The summed E-state index contributed by atoms with van der Waals surface area (Å²) in [5.74, 6) is -3.23. The summed E-state index contributed by atoms with van der Waals surface area (Å²) in [6.07, 6.45) is 2.73. The molecule has 6 atom stereocenters. The minimum Gasteiger partial charge on any atom is -0.508 e. The number of nitrogens with zero attached hydrogens (tertiary/aromatic N) is 4. The van der Waals surface area contributed by atoms with Crippen LogP contribution >= 0.6 is 22.9 Å². The van der Waals surface area contributed by atoms with E-state index in [1.165, 1.54) is 9.80 Å². The topological polar surface area (TPSA) is 113 Å². The molecule has 2 aliphatic carbocycles. The summed E-state index contributed by atoms with van der Waals surface area (Å²) in [5, 5.41) is 16.6. The number of likely N-dealkylation sites (tertiary alicyclic amines) is 1. The first-order valence-corrected chi connectivity index (χ1v) is 17.1. The molecule has 4 heterocycles. The number of phenolic OH excluding ortho intramolecular Hbond substituents is 1. The average molecular weight is 669 g/mol. The predicted molar refractivity (Wildman–Crippen MR) is 179 cm³/mol. The zero-order valence-electron chi connectivity index (χ0n) is 26.4. The number of rotatable bonds is 4. The number of carbonyl (C=O) groups is 4. The van der Waals surface area contributed by atoms with Crippen molar-refractivity contribution in [1.82, 2.24) is 14.7 Å². The molecule has 0 radical (unpaired) electrons. The summed E-state index contributed by atoms with van der Waals surface area (Å²) in [6.45, 7) is 5.97. The van der Waals surface area contributed by atoms with Gasteiger partial charge < -0.3 is 5.11 Å². The van der Waals surface area contributed by atoms with Crippen molar-refractivity contribution in [3.8, 4) is 16.3 Å². The van der Waals surface area contributed by atoms with Gasteiger partial charge in [-0.1, -0.05) is 35.4 Å². The summed E-state index contributed by atoms with van der Waals surface area (Å²) >= 11 is 7.86. The van der Waals surface area contributed by atoms with E-state index in [1.807, 2.05) is 38.1 Å². The van der Waals surface area contributed by atoms with Gasteiger partial charge in [0.1, 0.15) is 17.3 Å². The Hall–Kier alpha value is -4.28. The van der Waals surface area contributed by atoms with Crippen molar-refractivity contribution < 1.29 is 24.3 Å². The predicted octanol–water partition coefficient (Wildman–Crippen LogP) is 6.22. The molecular weight excluding hydrogens is 636 g/mol. The Kier molecular flexibility index (Phi) is 6.63. The van der Waals surface area contributed by atoms with Crippen molar-refractivity contribution in [2.45, 2.75) is 39.5 Å². The Morgan fingerprint density at radius 1 is 1.02 bits per heavy atom. The van der Waals surface area contributed by atoms with E-state index in [-0.39, 0.29) is 41.7 Å². The number of anilines is 1. The monoisotopic (exact) mass is 668 g/mol. The van der Waals surface area contributed by atoms with Gasteiger partial charge in [-0.15, -0.1) is 11.3 Å². The van der Waals surface area contributed by atoms with Gasteiger partial charge in [0.05, 0.1) is 28.0 Å². The van der Waals surface area contributed by atoms with E-state index in [2.05, 4.69) is 0 Å². The highest BCUT2D eigenvalue weighted by Gasteiger charge is 2.67. The van der Waals surface area contributed by atoms with E-state index in [4.69, 9.17) is 16.7 Å². The van der Waals surface area contributed by atoms with Gasteiger partial charge in [0, 0.05) is 35.3 Å². The van der Waals surface area contributed by atoms with Crippen LogP contribution in [0.5, 0.6) is 5.75 Å². The molecule has 4 aromatic rings. The van der Waals surface area contributed by atoms with Crippen molar-refractivity contribution >= 4 is 62.5 Å². The van der Waals surface area contributed by atoms with Crippen molar-refractivity contribution in [1.29, 1.82) is 0 Å². The second-order valence-electron chi connectivity index (χ2n) is 13.4. The number of halogens is 1. The van der Waals surface area contributed by atoms with Crippen LogP contribution in [-0.4, -0.2) is 50.0 Å². The fourth-order valence-electron chi connectivity index (χ4n) is 8.87. The van der Waals surface area contributed by atoms with Crippen LogP contribution in [0.4, 0.5) is 5.82 Å². The van der Waals surface area contributed by atoms with Crippen LogP contribution < -0.4 is 4.90 Å². The van der Waals surface area contributed by atoms with Crippen LogP contribution in [0.3, 0.4) is 0 Å². The quantitative estimate of drug-likeness (QED) is 0.204. The molecule has 1 N–H and O–H groups in total.